The third-order valence-corrected chi connectivity index (χ3v) is 2.36. The van der Waals surface area contributed by atoms with Crippen LogP contribution in [-0.4, -0.2) is 38.2 Å². The highest BCUT2D eigenvalue weighted by Crippen LogP contribution is 2.04. The van der Waals surface area contributed by atoms with Gasteiger partial charge >= 0.3 is 0 Å². The minimum atomic E-state index is -0.300. The van der Waals surface area contributed by atoms with E-state index in [1.54, 1.807) is 26.3 Å². The minimum absolute atomic E-state index is 0.0730. The summed E-state index contributed by atoms with van der Waals surface area (Å²) in [4.78, 5) is 11.8. The Balaban J connectivity index is 0.00000154. The summed E-state index contributed by atoms with van der Waals surface area (Å²) >= 11 is 0. The van der Waals surface area contributed by atoms with Gasteiger partial charge in [0.05, 0.1) is 19.6 Å². The Kier molecular flexibility index (Phi) is 9.66. The van der Waals surface area contributed by atoms with Crippen LogP contribution in [0.3, 0.4) is 0 Å². The second kappa shape index (κ2) is 10.5. The van der Waals surface area contributed by atoms with Crippen molar-refractivity contribution in [1.82, 2.24) is 10.4 Å². The van der Waals surface area contributed by atoms with Crippen LogP contribution in [0.15, 0.2) is 24.3 Å². The molecule has 1 amide bonds. The minimum Gasteiger partial charge on any atom is -0.383 e. The van der Waals surface area contributed by atoms with Crippen LogP contribution in [0.25, 0.3) is 0 Å². The number of halogens is 1. The lowest BCUT2D eigenvalue weighted by molar-refractivity contribution is -0.133. The molecule has 0 aliphatic carbocycles. The normalized spacial score (nSPS) is 9.53. The maximum Gasteiger partial charge on any atom is 0.241 e. The fraction of sp³-hybridized carbons (Fsp3) is 0.500. The van der Waals surface area contributed by atoms with Crippen molar-refractivity contribution in [3.8, 4) is 0 Å². The molecule has 0 unspecified atom stereocenters. The molecule has 0 aliphatic heterocycles. The molecular weight excluding hydrogens is 247 g/mol. The largest absolute Gasteiger partial charge is 0.383 e. The quantitative estimate of drug-likeness (QED) is 0.804. The number of hydrazine groups is 1. The number of nitrogens with one attached hydrogen (secondary N) is 1. The summed E-state index contributed by atoms with van der Waals surface area (Å²) in [7, 11) is 3.26. The number of benzene rings is 1. The summed E-state index contributed by atoms with van der Waals surface area (Å²) in [6.07, 6.45) is 0.241. The summed E-state index contributed by atoms with van der Waals surface area (Å²) in [6, 6.07) is 5.91. The maximum absolute atomic E-state index is 12.7. The average Bonchev–Trinajstić information content (AvgIpc) is 2.44. The fourth-order valence-corrected chi connectivity index (χ4v) is 1.42. The number of nitrogens with zero attached hydrogens (tertiary/aromatic N) is 1. The lowest BCUT2D eigenvalue weighted by Crippen LogP contribution is -2.43. The standard InChI is InChI=1S/C12H17FN2O2.C2H6/c1-14-15(7-8-17-2)12(16)9-10-3-5-11(13)6-4-10;1-2/h3-6,14H,7-9H2,1-2H3;1-2H3. The van der Waals surface area contributed by atoms with Crippen molar-refractivity contribution in [2.45, 2.75) is 20.3 Å². The van der Waals surface area contributed by atoms with E-state index in [1.165, 1.54) is 17.1 Å². The molecule has 0 heterocycles. The molecule has 1 N–H and O–H groups in total. The predicted octanol–water partition coefficient (Wildman–Crippen LogP) is 2.00. The van der Waals surface area contributed by atoms with Crippen molar-refractivity contribution in [2.24, 2.45) is 0 Å². The molecule has 19 heavy (non-hydrogen) atoms. The number of hydrogen-bond donors (Lipinski definition) is 1. The molecule has 0 radical (unpaired) electrons. The van der Waals surface area contributed by atoms with Crippen LogP contribution < -0.4 is 5.43 Å². The SMILES string of the molecule is CC.CNN(CCOC)C(=O)Cc1ccc(F)cc1. The number of carbonyl (C=O) groups is 1. The Bertz CT molecular complexity index is 355. The summed E-state index contributed by atoms with van der Waals surface area (Å²) in [5.41, 5.74) is 3.58. The van der Waals surface area contributed by atoms with E-state index >= 15 is 0 Å². The molecule has 0 bridgehead atoms. The van der Waals surface area contributed by atoms with Crippen LogP contribution in [0.1, 0.15) is 19.4 Å². The number of carbonyl (C=O) groups excluding carboxylic acids is 1. The fourth-order valence-electron chi connectivity index (χ4n) is 1.42. The monoisotopic (exact) mass is 270 g/mol. The molecule has 1 aromatic carbocycles. The second-order valence-corrected chi connectivity index (χ2v) is 3.57. The van der Waals surface area contributed by atoms with Gasteiger partial charge in [0.1, 0.15) is 5.82 Å². The lowest BCUT2D eigenvalue weighted by atomic mass is 10.1. The Morgan fingerprint density at radius 3 is 2.37 bits per heavy atom. The van der Waals surface area contributed by atoms with Crippen molar-refractivity contribution < 1.29 is 13.9 Å². The molecular formula is C14H23FN2O2. The molecule has 0 aliphatic rings. The van der Waals surface area contributed by atoms with Gasteiger partial charge in [0.25, 0.3) is 0 Å². The van der Waals surface area contributed by atoms with E-state index in [0.717, 1.165) is 5.56 Å². The molecule has 5 heteroatoms. The van der Waals surface area contributed by atoms with Gasteiger partial charge < -0.3 is 4.74 Å². The average molecular weight is 270 g/mol. The second-order valence-electron chi connectivity index (χ2n) is 3.57. The summed E-state index contributed by atoms with van der Waals surface area (Å²) in [6.45, 7) is 4.95. The molecule has 4 nitrogen and oxygen atoms in total. The number of ether oxygens (including phenoxy) is 1. The first-order chi connectivity index (χ1) is 9.17. The van der Waals surface area contributed by atoms with Crippen LogP contribution >= 0.6 is 0 Å². The molecule has 0 saturated heterocycles. The molecule has 0 aromatic heterocycles. The van der Waals surface area contributed by atoms with Gasteiger partial charge in [-0.05, 0) is 17.7 Å². The molecule has 1 aromatic rings. The topological polar surface area (TPSA) is 41.6 Å². The highest BCUT2D eigenvalue weighted by molar-refractivity contribution is 5.78. The van der Waals surface area contributed by atoms with E-state index in [1.807, 2.05) is 13.8 Å². The van der Waals surface area contributed by atoms with Gasteiger partial charge in [0, 0.05) is 14.2 Å². The first-order valence-electron chi connectivity index (χ1n) is 6.38. The number of amides is 1. The first kappa shape index (κ1) is 17.5. The van der Waals surface area contributed by atoms with E-state index in [0.29, 0.717) is 13.2 Å². The predicted molar refractivity (Wildman–Crippen MR) is 74.1 cm³/mol. The van der Waals surface area contributed by atoms with E-state index in [4.69, 9.17) is 4.74 Å². The maximum atomic E-state index is 12.7. The van der Waals surface area contributed by atoms with Crippen LogP contribution in [0, 0.1) is 5.82 Å². The molecule has 0 atom stereocenters. The van der Waals surface area contributed by atoms with Crippen LogP contribution in [0.2, 0.25) is 0 Å². The Morgan fingerprint density at radius 1 is 1.32 bits per heavy atom. The lowest BCUT2D eigenvalue weighted by Gasteiger charge is -2.20. The van der Waals surface area contributed by atoms with Crippen molar-refractivity contribution in [1.29, 1.82) is 0 Å². The van der Waals surface area contributed by atoms with E-state index in [9.17, 15) is 9.18 Å². The number of hydrogen-bond acceptors (Lipinski definition) is 3. The molecule has 0 fully saturated rings. The summed E-state index contributed by atoms with van der Waals surface area (Å²) in [5.74, 6) is -0.373. The van der Waals surface area contributed by atoms with E-state index < -0.39 is 0 Å². The molecule has 0 spiro atoms. The van der Waals surface area contributed by atoms with Gasteiger partial charge in [-0.2, -0.15) is 0 Å². The van der Waals surface area contributed by atoms with Gasteiger partial charge in [0.15, 0.2) is 0 Å². The number of rotatable bonds is 6. The van der Waals surface area contributed by atoms with E-state index in [-0.39, 0.29) is 18.1 Å². The van der Waals surface area contributed by atoms with Gasteiger partial charge in [-0.15, -0.1) is 0 Å². The molecule has 108 valence electrons. The zero-order valence-electron chi connectivity index (χ0n) is 12.1. The zero-order valence-corrected chi connectivity index (χ0v) is 12.1. The highest BCUT2D eigenvalue weighted by atomic mass is 19.1. The zero-order chi connectivity index (χ0) is 14.7. The third kappa shape index (κ3) is 6.88. The van der Waals surface area contributed by atoms with Crippen molar-refractivity contribution >= 4 is 5.91 Å². The summed E-state index contributed by atoms with van der Waals surface area (Å²) in [5, 5.41) is 1.48. The first-order valence-corrected chi connectivity index (χ1v) is 6.38. The van der Waals surface area contributed by atoms with Crippen molar-refractivity contribution in [2.75, 3.05) is 27.3 Å². The number of methoxy groups -OCH3 is 1. The van der Waals surface area contributed by atoms with E-state index in [2.05, 4.69) is 5.43 Å². The Labute approximate surface area is 114 Å². The van der Waals surface area contributed by atoms with Crippen molar-refractivity contribution in [3.63, 3.8) is 0 Å². The van der Waals surface area contributed by atoms with Crippen LogP contribution in [0.5, 0.6) is 0 Å². The van der Waals surface area contributed by atoms with Crippen molar-refractivity contribution in [3.05, 3.63) is 35.6 Å². The van der Waals surface area contributed by atoms with Gasteiger partial charge in [-0.3, -0.25) is 9.80 Å². The van der Waals surface area contributed by atoms with Gasteiger partial charge in [-0.25, -0.2) is 9.82 Å². The van der Waals surface area contributed by atoms with Gasteiger partial charge in [-0.1, -0.05) is 26.0 Å². The Morgan fingerprint density at radius 2 is 1.89 bits per heavy atom. The highest BCUT2D eigenvalue weighted by Gasteiger charge is 2.11. The molecule has 1 rings (SSSR count). The molecule has 0 saturated carbocycles. The summed E-state index contributed by atoms with van der Waals surface area (Å²) < 4.78 is 17.6. The third-order valence-electron chi connectivity index (χ3n) is 2.36. The van der Waals surface area contributed by atoms with Crippen LogP contribution in [0.4, 0.5) is 4.39 Å². The van der Waals surface area contributed by atoms with Crippen LogP contribution in [-0.2, 0) is 16.0 Å². The van der Waals surface area contributed by atoms with Gasteiger partial charge in [0.2, 0.25) is 5.91 Å². The smallest absolute Gasteiger partial charge is 0.241 e. The Hall–Kier alpha value is -1.46.